The highest BCUT2D eigenvalue weighted by Crippen LogP contribution is 2.19. The average molecular weight is 276 g/mol. The lowest BCUT2D eigenvalue weighted by Crippen LogP contribution is -2.36. The van der Waals surface area contributed by atoms with Gasteiger partial charge in [0.1, 0.15) is 0 Å². The van der Waals surface area contributed by atoms with Crippen molar-refractivity contribution in [2.75, 3.05) is 25.6 Å². The molecule has 0 bridgehead atoms. The second-order valence-corrected chi connectivity index (χ2v) is 4.01. The quantitative estimate of drug-likeness (QED) is 0.777. The van der Waals surface area contributed by atoms with E-state index in [-0.39, 0.29) is 12.6 Å². The maximum Gasteiger partial charge on any atom is 0.238 e. The van der Waals surface area contributed by atoms with E-state index in [9.17, 15) is 18.0 Å². The monoisotopic (exact) mass is 276 g/mol. The Morgan fingerprint density at radius 3 is 2.63 bits per heavy atom. The van der Waals surface area contributed by atoms with Crippen molar-refractivity contribution in [1.82, 2.24) is 5.32 Å². The summed E-state index contributed by atoms with van der Waals surface area (Å²) in [7, 11) is 1.52. The van der Waals surface area contributed by atoms with Gasteiger partial charge in [-0.3, -0.25) is 4.79 Å². The van der Waals surface area contributed by atoms with Gasteiger partial charge in [0.2, 0.25) is 5.91 Å². The summed E-state index contributed by atoms with van der Waals surface area (Å²) in [5.74, 6) is -4.90. The Hall–Kier alpha value is -1.60. The van der Waals surface area contributed by atoms with Crippen LogP contribution in [0.2, 0.25) is 0 Å². The van der Waals surface area contributed by atoms with Gasteiger partial charge in [0, 0.05) is 13.2 Å². The molecule has 1 unspecified atom stereocenters. The molecule has 0 aliphatic carbocycles. The molecule has 0 saturated heterocycles. The Kier molecular flexibility index (Phi) is 5.78. The molecular weight excluding hydrogens is 261 g/mol. The van der Waals surface area contributed by atoms with Gasteiger partial charge in [0.05, 0.1) is 18.8 Å². The Morgan fingerprint density at radius 2 is 2.00 bits per heavy atom. The van der Waals surface area contributed by atoms with Crippen LogP contribution in [-0.4, -0.2) is 32.2 Å². The van der Waals surface area contributed by atoms with Crippen molar-refractivity contribution in [3.63, 3.8) is 0 Å². The van der Waals surface area contributed by atoms with Crippen LogP contribution in [0, 0.1) is 17.5 Å². The zero-order chi connectivity index (χ0) is 14.4. The van der Waals surface area contributed by atoms with Crippen molar-refractivity contribution in [3.8, 4) is 0 Å². The minimum Gasteiger partial charge on any atom is -0.383 e. The summed E-state index contributed by atoms with van der Waals surface area (Å²) in [4.78, 5) is 11.5. The number of halogens is 3. The van der Waals surface area contributed by atoms with Gasteiger partial charge in [-0.25, -0.2) is 13.2 Å². The fraction of sp³-hybridized carbons (Fsp3) is 0.417. The number of amides is 1. The average Bonchev–Trinajstić information content (AvgIpc) is 2.37. The van der Waals surface area contributed by atoms with Gasteiger partial charge in [-0.1, -0.05) is 0 Å². The van der Waals surface area contributed by atoms with Crippen LogP contribution in [-0.2, 0) is 9.53 Å². The van der Waals surface area contributed by atoms with E-state index in [0.717, 1.165) is 12.1 Å². The Bertz CT molecular complexity index is 455. The second kappa shape index (κ2) is 7.10. The summed E-state index contributed by atoms with van der Waals surface area (Å²) in [5.41, 5.74) is -0.398. The lowest BCUT2D eigenvalue weighted by molar-refractivity contribution is -0.115. The Balaban J connectivity index is 2.56. The molecule has 0 spiro atoms. The lowest BCUT2D eigenvalue weighted by atomic mass is 10.2. The van der Waals surface area contributed by atoms with Crippen LogP contribution < -0.4 is 10.6 Å². The molecule has 0 aliphatic heterocycles. The number of nitrogens with one attached hydrogen (secondary N) is 2. The first kappa shape index (κ1) is 15.5. The van der Waals surface area contributed by atoms with Crippen LogP contribution >= 0.6 is 0 Å². The molecule has 0 saturated carbocycles. The first-order valence-corrected chi connectivity index (χ1v) is 5.61. The van der Waals surface area contributed by atoms with E-state index in [4.69, 9.17) is 4.74 Å². The highest BCUT2D eigenvalue weighted by Gasteiger charge is 2.15. The van der Waals surface area contributed by atoms with Crippen molar-refractivity contribution >= 4 is 11.6 Å². The molecular formula is C12H15F3N2O2. The molecule has 2 N–H and O–H groups in total. The molecule has 1 rings (SSSR count). The van der Waals surface area contributed by atoms with Crippen molar-refractivity contribution in [2.24, 2.45) is 0 Å². The van der Waals surface area contributed by atoms with E-state index in [0.29, 0.717) is 6.61 Å². The molecule has 106 valence electrons. The first-order valence-electron chi connectivity index (χ1n) is 5.61. The van der Waals surface area contributed by atoms with Crippen molar-refractivity contribution < 1.29 is 22.7 Å². The number of rotatable bonds is 6. The molecule has 1 atom stereocenters. The van der Waals surface area contributed by atoms with E-state index in [1.807, 2.05) is 0 Å². The Morgan fingerprint density at radius 1 is 1.32 bits per heavy atom. The molecule has 0 aliphatic rings. The van der Waals surface area contributed by atoms with Crippen molar-refractivity contribution in [2.45, 2.75) is 13.0 Å². The molecule has 1 aromatic rings. The lowest BCUT2D eigenvalue weighted by Gasteiger charge is -2.13. The number of anilines is 1. The largest absolute Gasteiger partial charge is 0.383 e. The Labute approximate surface area is 108 Å². The van der Waals surface area contributed by atoms with Gasteiger partial charge in [-0.15, -0.1) is 0 Å². The molecule has 1 aromatic carbocycles. The van der Waals surface area contributed by atoms with Gasteiger partial charge in [0.15, 0.2) is 17.5 Å². The van der Waals surface area contributed by atoms with Crippen molar-refractivity contribution in [1.29, 1.82) is 0 Å². The fourth-order valence-electron chi connectivity index (χ4n) is 1.39. The molecule has 19 heavy (non-hydrogen) atoms. The van der Waals surface area contributed by atoms with E-state index in [2.05, 4.69) is 10.6 Å². The van der Waals surface area contributed by atoms with Gasteiger partial charge in [-0.2, -0.15) is 0 Å². The van der Waals surface area contributed by atoms with Crippen LogP contribution in [0.15, 0.2) is 12.1 Å². The maximum atomic E-state index is 13.3. The maximum absolute atomic E-state index is 13.3. The number of ether oxygens (including phenoxy) is 1. The predicted octanol–water partition coefficient (Wildman–Crippen LogP) is 1.67. The first-order chi connectivity index (χ1) is 8.95. The van der Waals surface area contributed by atoms with Crippen molar-refractivity contribution in [3.05, 3.63) is 29.6 Å². The third-order valence-corrected chi connectivity index (χ3v) is 2.34. The molecule has 7 heteroatoms. The normalized spacial score (nSPS) is 12.3. The molecule has 0 fully saturated rings. The molecule has 1 amide bonds. The summed E-state index contributed by atoms with van der Waals surface area (Å²) >= 11 is 0. The second-order valence-electron chi connectivity index (χ2n) is 4.01. The summed E-state index contributed by atoms with van der Waals surface area (Å²) in [6.07, 6.45) is 0. The number of hydrogen-bond donors (Lipinski definition) is 2. The number of hydrogen-bond acceptors (Lipinski definition) is 3. The predicted molar refractivity (Wildman–Crippen MR) is 64.3 cm³/mol. The third kappa shape index (κ3) is 4.53. The van der Waals surface area contributed by atoms with Gasteiger partial charge < -0.3 is 15.4 Å². The molecule has 0 heterocycles. The van der Waals surface area contributed by atoms with Gasteiger partial charge in [0.25, 0.3) is 0 Å². The van der Waals surface area contributed by atoms with Gasteiger partial charge >= 0.3 is 0 Å². The summed E-state index contributed by atoms with van der Waals surface area (Å²) in [6.45, 7) is 2.12. The smallest absolute Gasteiger partial charge is 0.238 e. The van der Waals surface area contributed by atoms with E-state index in [1.54, 1.807) is 6.92 Å². The van der Waals surface area contributed by atoms with Crippen LogP contribution in [0.4, 0.5) is 18.9 Å². The minimum atomic E-state index is -1.61. The highest BCUT2D eigenvalue weighted by molar-refractivity contribution is 5.92. The standard InChI is InChI=1S/C12H15F3N2O2/c1-7(6-19-2)16-5-10(18)17-9-4-3-8(13)11(14)12(9)15/h3-4,7,16H,5-6H2,1-2H3,(H,17,18). The van der Waals surface area contributed by atoms with E-state index >= 15 is 0 Å². The van der Waals surface area contributed by atoms with Crippen LogP contribution in [0.25, 0.3) is 0 Å². The van der Waals surface area contributed by atoms with E-state index in [1.165, 1.54) is 7.11 Å². The van der Waals surface area contributed by atoms with Crippen LogP contribution in [0.3, 0.4) is 0 Å². The zero-order valence-corrected chi connectivity index (χ0v) is 10.6. The minimum absolute atomic E-state index is 0.0643. The van der Waals surface area contributed by atoms with Gasteiger partial charge in [-0.05, 0) is 19.1 Å². The fourth-order valence-corrected chi connectivity index (χ4v) is 1.39. The molecule has 0 aromatic heterocycles. The number of methoxy groups -OCH3 is 1. The number of carbonyl (C=O) groups excluding carboxylic acids is 1. The number of benzene rings is 1. The zero-order valence-electron chi connectivity index (χ0n) is 10.6. The van der Waals surface area contributed by atoms with E-state index < -0.39 is 29.0 Å². The summed E-state index contributed by atoms with van der Waals surface area (Å²) < 4.78 is 43.7. The number of carbonyl (C=O) groups is 1. The highest BCUT2D eigenvalue weighted by atomic mass is 19.2. The third-order valence-electron chi connectivity index (χ3n) is 2.34. The SMILES string of the molecule is COCC(C)NCC(=O)Nc1ccc(F)c(F)c1F. The molecule has 0 radical (unpaired) electrons. The summed E-state index contributed by atoms with van der Waals surface area (Å²) in [6, 6.07) is 1.64. The summed E-state index contributed by atoms with van der Waals surface area (Å²) in [5, 5.41) is 4.97. The molecule has 4 nitrogen and oxygen atoms in total. The van der Waals surface area contributed by atoms with Crippen LogP contribution in [0.5, 0.6) is 0 Å². The topological polar surface area (TPSA) is 50.4 Å². The van der Waals surface area contributed by atoms with Crippen LogP contribution in [0.1, 0.15) is 6.92 Å².